The summed E-state index contributed by atoms with van der Waals surface area (Å²) in [4.78, 5) is 5.49. The SMILES string of the molecule is FC(F)(F)C1CCCC(NOC2CCCC2)C1. The lowest BCUT2D eigenvalue weighted by Crippen LogP contribution is -2.40. The second kappa shape index (κ2) is 5.57. The summed E-state index contributed by atoms with van der Waals surface area (Å²) in [5, 5.41) is 0. The topological polar surface area (TPSA) is 21.3 Å². The van der Waals surface area contributed by atoms with E-state index in [0.717, 1.165) is 19.3 Å². The fourth-order valence-electron chi connectivity index (χ4n) is 2.79. The maximum atomic E-state index is 12.6. The highest BCUT2D eigenvalue weighted by Gasteiger charge is 2.42. The lowest BCUT2D eigenvalue weighted by atomic mass is 9.86. The van der Waals surface area contributed by atoms with Gasteiger partial charge in [0.05, 0.1) is 12.0 Å². The van der Waals surface area contributed by atoms with Crippen molar-refractivity contribution >= 4 is 0 Å². The van der Waals surface area contributed by atoms with Crippen LogP contribution in [0.3, 0.4) is 0 Å². The molecular formula is C12H20F3NO. The molecule has 0 amide bonds. The van der Waals surface area contributed by atoms with E-state index in [2.05, 4.69) is 5.48 Å². The molecule has 2 aliphatic rings. The van der Waals surface area contributed by atoms with Gasteiger partial charge in [0.2, 0.25) is 0 Å². The van der Waals surface area contributed by atoms with E-state index in [-0.39, 0.29) is 25.0 Å². The van der Waals surface area contributed by atoms with Crippen molar-refractivity contribution in [2.75, 3.05) is 0 Å². The van der Waals surface area contributed by atoms with E-state index in [9.17, 15) is 13.2 Å². The van der Waals surface area contributed by atoms with Crippen molar-refractivity contribution in [3.8, 4) is 0 Å². The lowest BCUT2D eigenvalue weighted by molar-refractivity contribution is -0.187. The maximum absolute atomic E-state index is 12.6. The Kier molecular flexibility index (Phi) is 4.31. The van der Waals surface area contributed by atoms with E-state index in [1.54, 1.807) is 0 Å². The van der Waals surface area contributed by atoms with Gasteiger partial charge in [-0.3, -0.25) is 4.84 Å². The third kappa shape index (κ3) is 3.85. The smallest absolute Gasteiger partial charge is 0.298 e. The maximum Gasteiger partial charge on any atom is 0.391 e. The quantitative estimate of drug-likeness (QED) is 0.774. The Morgan fingerprint density at radius 2 is 1.65 bits per heavy atom. The molecule has 2 aliphatic carbocycles. The molecular weight excluding hydrogens is 231 g/mol. The molecule has 0 spiro atoms. The van der Waals surface area contributed by atoms with Crippen LogP contribution < -0.4 is 5.48 Å². The number of alkyl halides is 3. The van der Waals surface area contributed by atoms with Gasteiger partial charge in [-0.15, -0.1) is 0 Å². The molecule has 0 aliphatic heterocycles. The van der Waals surface area contributed by atoms with Gasteiger partial charge in [-0.05, 0) is 32.1 Å². The van der Waals surface area contributed by atoms with Crippen LogP contribution in [-0.2, 0) is 4.84 Å². The Hall–Kier alpha value is -0.290. The van der Waals surface area contributed by atoms with Gasteiger partial charge in [0.25, 0.3) is 0 Å². The highest BCUT2D eigenvalue weighted by Crippen LogP contribution is 2.37. The fraction of sp³-hybridized carbons (Fsp3) is 1.00. The molecule has 0 heterocycles. The van der Waals surface area contributed by atoms with Gasteiger partial charge in [-0.25, -0.2) is 0 Å². The lowest BCUT2D eigenvalue weighted by Gasteiger charge is -2.31. The molecule has 2 unspecified atom stereocenters. The minimum absolute atomic E-state index is 0.129. The zero-order valence-electron chi connectivity index (χ0n) is 9.93. The van der Waals surface area contributed by atoms with Crippen LogP contribution in [-0.4, -0.2) is 18.3 Å². The van der Waals surface area contributed by atoms with Crippen molar-refractivity contribution in [2.24, 2.45) is 5.92 Å². The fourth-order valence-corrected chi connectivity index (χ4v) is 2.79. The van der Waals surface area contributed by atoms with Crippen LogP contribution in [0.4, 0.5) is 13.2 Å². The second-order valence-electron chi connectivity index (χ2n) is 5.24. The molecule has 2 atom stereocenters. The summed E-state index contributed by atoms with van der Waals surface area (Å²) in [7, 11) is 0. The molecule has 17 heavy (non-hydrogen) atoms. The monoisotopic (exact) mass is 251 g/mol. The number of nitrogens with one attached hydrogen (secondary N) is 1. The first-order valence-corrected chi connectivity index (χ1v) is 6.53. The first kappa shape index (κ1) is 13.1. The summed E-state index contributed by atoms with van der Waals surface area (Å²) < 4.78 is 37.8. The third-order valence-corrected chi connectivity index (χ3v) is 3.84. The molecule has 0 aromatic carbocycles. The molecule has 2 nitrogen and oxygen atoms in total. The third-order valence-electron chi connectivity index (χ3n) is 3.84. The van der Waals surface area contributed by atoms with Crippen LogP contribution >= 0.6 is 0 Å². The molecule has 0 aromatic rings. The molecule has 2 rings (SSSR count). The second-order valence-corrected chi connectivity index (χ2v) is 5.24. The van der Waals surface area contributed by atoms with Crippen molar-refractivity contribution in [2.45, 2.75) is 69.7 Å². The summed E-state index contributed by atoms with van der Waals surface area (Å²) in [6.45, 7) is 0. The zero-order chi connectivity index (χ0) is 12.3. The minimum Gasteiger partial charge on any atom is -0.298 e. The first-order chi connectivity index (χ1) is 8.05. The Bertz CT molecular complexity index is 238. The van der Waals surface area contributed by atoms with Crippen molar-refractivity contribution in [1.29, 1.82) is 0 Å². The molecule has 0 bridgehead atoms. The highest BCUT2D eigenvalue weighted by molar-refractivity contribution is 4.80. The first-order valence-electron chi connectivity index (χ1n) is 6.53. The number of hydroxylamine groups is 1. The Morgan fingerprint density at radius 1 is 0.941 bits per heavy atom. The van der Waals surface area contributed by atoms with E-state index in [4.69, 9.17) is 4.84 Å². The van der Waals surface area contributed by atoms with Gasteiger partial charge < -0.3 is 0 Å². The molecule has 100 valence electrons. The summed E-state index contributed by atoms with van der Waals surface area (Å²) in [6.07, 6.45) is 2.42. The molecule has 0 saturated heterocycles. The highest BCUT2D eigenvalue weighted by atomic mass is 19.4. The largest absolute Gasteiger partial charge is 0.391 e. The molecule has 0 radical (unpaired) electrons. The van der Waals surface area contributed by atoms with E-state index in [0.29, 0.717) is 6.42 Å². The van der Waals surface area contributed by atoms with Gasteiger partial charge in [-0.2, -0.15) is 18.7 Å². The summed E-state index contributed by atoms with van der Waals surface area (Å²) in [5.41, 5.74) is 2.87. The predicted molar refractivity (Wildman–Crippen MR) is 58.3 cm³/mol. The van der Waals surface area contributed by atoms with Crippen molar-refractivity contribution < 1.29 is 18.0 Å². The number of hydrogen-bond acceptors (Lipinski definition) is 2. The minimum atomic E-state index is -4.05. The Balaban J connectivity index is 1.73. The van der Waals surface area contributed by atoms with Gasteiger partial charge in [0.15, 0.2) is 0 Å². The van der Waals surface area contributed by atoms with Crippen LogP contribution in [0, 0.1) is 5.92 Å². The van der Waals surface area contributed by atoms with Crippen LogP contribution in [0.1, 0.15) is 51.4 Å². The van der Waals surface area contributed by atoms with Crippen LogP contribution in [0.5, 0.6) is 0 Å². The van der Waals surface area contributed by atoms with Gasteiger partial charge in [0, 0.05) is 6.04 Å². The van der Waals surface area contributed by atoms with Crippen LogP contribution in [0.2, 0.25) is 0 Å². The van der Waals surface area contributed by atoms with Crippen molar-refractivity contribution in [3.05, 3.63) is 0 Å². The number of hydrogen-bond donors (Lipinski definition) is 1. The normalized spacial score (nSPS) is 31.9. The molecule has 1 N–H and O–H groups in total. The average molecular weight is 251 g/mol. The predicted octanol–water partition coefficient (Wildman–Crippen LogP) is 3.57. The van der Waals surface area contributed by atoms with Gasteiger partial charge in [0.1, 0.15) is 0 Å². The zero-order valence-corrected chi connectivity index (χ0v) is 9.93. The Morgan fingerprint density at radius 3 is 2.29 bits per heavy atom. The van der Waals surface area contributed by atoms with Gasteiger partial charge in [-0.1, -0.05) is 19.3 Å². The molecule has 0 aromatic heterocycles. The summed E-state index contributed by atoms with van der Waals surface area (Å²) >= 11 is 0. The van der Waals surface area contributed by atoms with Crippen molar-refractivity contribution in [3.63, 3.8) is 0 Å². The van der Waals surface area contributed by atoms with E-state index >= 15 is 0 Å². The number of halogens is 3. The Labute approximate surface area is 99.9 Å². The van der Waals surface area contributed by atoms with Crippen LogP contribution in [0.15, 0.2) is 0 Å². The van der Waals surface area contributed by atoms with E-state index in [1.807, 2.05) is 0 Å². The standard InChI is InChI=1S/C12H20F3NO/c13-12(14,15)9-4-3-5-10(8-9)16-17-11-6-1-2-7-11/h9-11,16H,1-8H2. The average Bonchev–Trinajstić information content (AvgIpc) is 2.78. The molecule has 2 saturated carbocycles. The molecule has 2 fully saturated rings. The van der Waals surface area contributed by atoms with E-state index in [1.165, 1.54) is 12.8 Å². The molecule has 5 heteroatoms. The summed E-state index contributed by atoms with van der Waals surface area (Å²) in [6, 6.07) is -0.129. The van der Waals surface area contributed by atoms with Crippen LogP contribution in [0.25, 0.3) is 0 Å². The summed E-state index contributed by atoms with van der Waals surface area (Å²) in [5.74, 6) is -1.15. The van der Waals surface area contributed by atoms with E-state index < -0.39 is 12.1 Å². The van der Waals surface area contributed by atoms with Crippen molar-refractivity contribution in [1.82, 2.24) is 5.48 Å². The number of rotatable bonds is 3. The van der Waals surface area contributed by atoms with Gasteiger partial charge >= 0.3 is 6.18 Å².